The van der Waals surface area contributed by atoms with Gasteiger partial charge in [-0.25, -0.2) is 0 Å². The third kappa shape index (κ3) is 6.60. The standard InChI is InChI=1S/C16H27BrN2O/c1-3-4-5-6-7-8-9-10-11-18-16(20)15-12-14(17)13-19(15)2/h12-13H,3-11H2,1-2H3,(H,18,20). The molecule has 0 radical (unpaired) electrons. The Morgan fingerprint density at radius 1 is 1.15 bits per heavy atom. The van der Waals surface area contributed by atoms with E-state index in [9.17, 15) is 4.79 Å². The second-order valence-corrected chi connectivity index (χ2v) is 6.30. The van der Waals surface area contributed by atoms with E-state index in [1.54, 1.807) is 0 Å². The van der Waals surface area contributed by atoms with Gasteiger partial charge >= 0.3 is 0 Å². The largest absolute Gasteiger partial charge is 0.351 e. The van der Waals surface area contributed by atoms with Crippen molar-refractivity contribution < 1.29 is 4.79 Å². The van der Waals surface area contributed by atoms with Crippen LogP contribution < -0.4 is 5.32 Å². The van der Waals surface area contributed by atoms with Crippen LogP contribution in [-0.2, 0) is 7.05 Å². The number of amides is 1. The highest BCUT2D eigenvalue weighted by Gasteiger charge is 2.09. The number of unbranched alkanes of at least 4 members (excludes halogenated alkanes) is 7. The van der Waals surface area contributed by atoms with Crippen LogP contribution in [-0.4, -0.2) is 17.0 Å². The molecule has 0 saturated carbocycles. The van der Waals surface area contributed by atoms with Crippen LogP contribution in [0, 0.1) is 0 Å². The Balaban J connectivity index is 2.04. The first kappa shape index (κ1) is 17.3. The lowest BCUT2D eigenvalue weighted by atomic mass is 10.1. The molecule has 0 aliphatic carbocycles. The van der Waals surface area contributed by atoms with Gasteiger partial charge < -0.3 is 9.88 Å². The van der Waals surface area contributed by atoms with Gasteiger partial charge in [0.2, 0.25) is 0 Å². The first-order valence-electron chi connectivity index (χ1n) is 7.75. The fraction of sp³-hybridized carbons (Fsp3) is 0.688. The Morgan fingerprint density at radius 3 is 2.30 bits per heavy atom. The van der Waals surface area contributed by atoms with Gasteiger partial charge in [-0.05, 0) is 28.4 Å². The van der Waals surface area contributed by atoms with E-state index in [1.165, 1.54) is 44.9 Å². The van der Waals surface area contributed by atoms with Gasteiger partial charge in [0, 0.05) is 24.3 Å². The van der Waals surface area contributed by atoms with Gasteiger partial charge in [-0.15, -0.1) is 0 Å². The number of halogens is 1. The molecule has 0 spiro atoms. The number of rotatable bonds is 10. The first-order valence-corrected chi connectivity index (χ1v) is 8.54. The number of carbonyl (C=O) groups is 1. The van der Waals surface area contributed by atoms with E-state index in [-0.39, 0.29) is 5.91 Å². The first-order chi connectivity index (χ1) is 9.65. The lowest BCUT2D eigenvalue weighted by Crippen LogP contribution is -2.26. The molecule has 114 valence electrons. The van der Waals surface area contributed by atoms with Crippen LogP contribution in [0.15, 0.2) is 16.7 Å². The van der Waals surface area contributed by atoms with Crippen molar-refractivity contribution in [2.45, 2.75) is 58.3 Å². The summed E-state index contributed by atoms with van der Waals surface area (Å²) in [5.41, 5.74) is 0.705. The summed E-state index contributed by atoms with van der Waals surface area (Å²) in [6, 6.07) is 1.85. The summed E-state index contributed by atoms with van der Waals surface area (Å²) in [6.45, 7) is 3.02. The Labute approximate surface area is 131 Å². The zero-order valence-corrected chi connectivity index (χ0v) is 14.3. The Morgan fingerprint density at radius 2 is 1.75 bits per heavy atom. The molecule has 0 fully saturated rings. The molecule has 3 nitrogen and oxygen atoms in total. The van der Waals surface area contributed by atoms with E-state index in [4.69, 9.17) is 0 Å². The molecule has 1 heterocycles. The maximum Gasteiger partial charge on any atom is 0.267 e. The zero-order valence-electron chi connectivity index (χ0n) is 12.8. The van der Waals surface area contributed by atoms with Crippen molar-refractivity contribution in [2.24, 2.45) is 7.05 Å². The molecule has 0 bridgehead atoms. The van der Waals surface area contributed by atoms with Crippen molar-refractivity contribution in [1.82, 2.24) is 9.88 Å². The summed E-state index contributed by atoms with van der Waals surface area (Å²) in [4.78, 5) is 11.9. The number of nitrogens with one attached hydrogen (secondary N) is 1. The molecular weight excluding hydrogens is 316 g/mol. The molecule has 1 amide bonds. The number of aromatic nitrogens is 1. The minimum atomic E-state index is 0.0149. The Kier molecular flexibility index (Phi) is 8.67. The van der Waals surface area contributed by atoms with Gasteiger partial charge in [0.15, 0.2) is 0 Å². The van der Waals surface area contributed by atoms with Crippen molar-refractivity contribution in [3.63, 3.8) is 0 Å². The molecular formula is C16H27BrN2O. The molecule has 0 saturated heterocycles. The summed E-state index contributed by atoms with van der Waals surface area (Å²) in [5.74, 6) is 0.0149. The van der Waals surface area contributed by atoms with Gasteiger partial charge in [-0.3, -0.25) is 4.79 Å². The third-order valence-corrected chi connectivity index (χ3v) is 3.95. The van der Waals surface area contributed by atoms with E-state index >= 15 is 0 Å². The molecule has 0 aliphatic rings. The molecule has 1 aromatic rings. The number of aryl methyl sites for hydroxylation is 1. The molecule has 1 aromatic heterocycles. The number of nitrogens with zero attached hydrogens (tertiary/aromatic N) is 1. The van der Waals surface area contributed by atoms with Crippen LogP contribution in [0.3, 0.4) is 0 Å². The molecule has 20 heavy (non-hydrogen) atoms. The van der Waals surface area contributed by atoms with Crippen molar-refractivity contribution in [3.05, 3.63) is 22.4 Å². The van der Waals surface area contributed by atoms with E-state index < -0.39 is 0 Å². The summed E-state index contributed by atoms with van der Waals surface area (Å²) < 4.78 is 2.78. The van der Waals surface area contributed by atoms with Crippen LogP contribution in [0.25, 0.3) is 0 Å². The van der Waals surface area contributed by atoms with E-state index in [1.807, 2.05) is 23.9 Å². The predicted molar refractivity (Wildman–Crippen MR) is 88.1 cm³/mol. The number of hydrogen-bond acceptors (Lipinski definition) is 1. The molecule has 0 unspecified atom stereocenters. The monoisotopic (exact) mass is 342 g/mol. The van der Waals surface area contributed by atoms with Crippen LogP contribution in [0.5, 0.6) is 0 Å². The van der Waals surface area contributed by atoms with Gasteiger partial charge in [0.05, 0.1) is 0 Å². The van der Waals surface area contributed by atoms with Crippen molar-refractivity contribution >= 4 is 21.8 Å². The minimum Gasteiger partial charge on any atom is -0.351 e. The van der Waals surface area contributed by atoms with Gasteiger partial charge in [-0.1, -0.05) is 51.9 Å². The smallest absolute Gasteiger partial charge is 0.267 e. The lowest BCUT2D eigenvalue weighted by molar-refractivity contribution is 0.0945. The molecule has 1 rings (SSSR count). The average molecular weight is 343 g/mol. The summed E-state index contributed by atoms with van der Waals surface area (Å²) in [7, 11) is 1.88. The SMILES string of the molecule is CCCCCCCCCCNC(=O)c1cc(Br)cn1C. The van der Waals surface area contributed by atoms with Crippen LogP contribution >= 0.6 is 15.9 Å². The minimum absolute atomic E-state index is 0.0149. The van der Waals surface area contributed by atoms with Crippen LogP contribution in [0.4, 0.5) is 0 Å². The zero-order chi connectivity index (χ0) is 14.8. The van der Waals surface area contributed by atoms with E-state index in [2.05, 4.69) is 28.2 Å². The summed E-state index contributed by atoms with van der Waals surface area (Å²) in [5, 5.41) is 2.98. The second-order valence-electron chi connectivity index (χ2n) is 5.39. The highest BCUT2D eigenvalue weighted by molar-refractivity contribution is 9.10. The Bertz CT molecular complexity index is 401. The highest BCUT2D eigenvalue weighted by Crippen LogP contribution is 2.13. The summed E-state index contributed by atoms with van der Waals surface area (Å²) in [6.07, 6.45) is 12.2. The van der Waals surface area contributed by atoms with Crippen molar-refractivity contribution in [2.75, 3.05) is 6.54 Å². The molecule has 1 N–H and O–H groups in total. The van der Waals surface area contributed by atoms with Crippen LogP contribution in [0.2, 0.25) is 0 Å². The van der Waals surface area contributed by atoms with Crippen LogP contribution in [0.1, 0.15) is 68.8 Å². The predicted octanol–water partition coefficient (Wildman–Crippen LogP) is 4.66. The fourth-order valence-electron chi connectivity index (χ4n) is 2.30. The molecule has 0 aliphatic heterocycles. The molecule has 0 aromatic carbocycles. The number of hydrogen-bond donors (Lipinski definition) is 1. The van der Waals surface area contributed by atoms with Gasteiger partial charge in [0.1, 0.15) is 5.69 Å². The normalized spacial score (nSPS) is 10.8. The molecule has 0 atom stereocenters. The quantitative estimate of drug-likeness (QED) is 0.616. The summed E-state index contributed by atoms with van der Waals surface area (Å²) >= 11 is 3.38. The molecule has 4 heteroatoms. The highest BCUT2D eigenvalue weighted by atomic mass is 79.9. The Hall–Kier alpha value is -0.770. The number of carbonyl (C=O) groups excluding carboxylic acids is 1. The van der Waals surface area contributed by atoms with Gasteiger partial charge in [-0.2, -0.15) is 0 Å². The fourth-order valence-corrected chi connectivity index (χ4v) is 2.83. The van der Waals surface area contributed by atoms with Gasteiger partial charge in [0.25, 0.3) is 5.91 Å². The van der Waals surface area contributed by atoms with Crippen molar-refractivity contribution in [1.29, 1.82) is 0 Å². The average Bonchev–Trinajstić information content (AvgIpc) is 2.75. The maximum atomic E-state index is 11.9. The van der Waals surface area contributed by atoms with E-state index in [0.717, 1.165) is 17.4 Å². The third-order valence-electron chi connectivity index (χ3n) is 3.52. The lowest BCUT2D eigenvalue weighted by Gasteiger charge is -2.06. The van der Waals surface area contributed by atoms with Crippen molar-refractivity contribution in [3.8, 4) is 0 Å². The second kappa shape index (κ2) is 10.0. The topological polar surface area (TPSA) is 34.0 Å². The maximum absolute atomic E-state index is 11.9. The van der Waals surface area contributed by atoms with E-state index in [0.29, 0.717) is 5.69 Å².